The molecule has 242 valence electrons. The first-order valence-corrected chi connectivity index (χ1v) is 14.7. The summed E-state index contributed by atoms with van der Waals surface area (Å²) in [6.07, 6.45) is -3.37. The van der Waals surface area contributed by atoms with Gasteiger partial charge in [-0.25, -0.2) is 4.79 Å². The number of aliphatic carboxylic acids is 1. The number of carboxylic acid groups (broad SMARTS) is 2. The van der Waals surface area contributed by atoms with Crippen LogP contribution in [-0.2, 0) is 27.4 Å². The lowest BCUT2D eigenvalue weighted by Gasteiger charge is -2.43. The molecule has 47 heavy (non-hydrogen) atoms. The fraction of sp³-hybridized carbons (Fsp3) is 0.200. The number of amidine groups is 1. The molecule has 1 amide bonds. The summed E-state index contributed by atoms with van der Waals surface area (Å²) in [6, 6.07) is 25.9. The van der Waals surface area contributed by atoms with Gasteiger partial charge < -0.3 is 35.5 Å². The smallest absolute Gasteiger partial charge is 0.493 e. The van der Waals surface area contributed by atoms with Crippen molar-refractivity contribution in [1.29, 1.82) is 5.41 Å². The Morgan fingerprint density at radius 1 is 0.957 bits per heavy atom. The molecular formula is C35H34N4O8. The lowest BCUT2D eigenvalue weighted by molar-refractivity contribution is -0.153. The van der Waals surface area contributed by atoms with E-state index in [0.29, 0.717) is 39.4 Å². The summed E-state index contributed by atoms with van der Waals surface area (Å²) >= 11 is 0. The molecule has 0 aromatic heterocycles. The third kappa shape index (κ3) is 7.61. The normalized spacial score (nSPS) is 15.9. The van der Waals surface area contributed by atoms with Crippen molar-refractivity contribution in [3.8, 4) is 11.5 Å². The summed E-state index contributed by atoms with van der Waals surface area (Å²) in [7, 11) is 1.47. The fourth-order valence-corrected chi connectivity index (χ4v) is 5.63. The largest absolute Gasteiger partial charge is 0.507 e. The molecule has 0 spiro atoms. The Kier molecular flexibility index (Phi) is 9.90. The number of carboxylic acids is 1. The monoisotopic (exact) mass is 638 g/mol. The minimum atomic E-state index is -1.60. The summed E-state index contributed by atoms with van der Waals surface area (Å²) in [6.45, 7) is 0.276. The van der Waals surface area contributed by atoms with E-state index in [1.165, 1.54) is 12.0 Å². The Hall–Kier alpha value is -6.04. The number of hydrogen-bond acceptors (Lipinski definition) is 8. The number of nitrogens with one attached hydrogen (secondary N) is 2. The molecule has 4 aromatic rings. The highest BCUT2D eigenvalue weighted by molar-refractivity contribution is 5.95. The zero-order chi connectivity index (χ0) is 33.5. The number of methoxy groups -OCH3 is 1. The molecule has 4 aromatic carbocycles. The standard InChI is InChI=1S/C35H34N4O8/c1-45-29-17-24(13-16-28(29)46-20-21-7-3-2-4-8-21)32(38-25-14-11-22(12-15-25)33(36)37)34(42)39-27(19-31(40)41)26-10-6-5-9-23(26)18-30(39)47-35(43)44/h2-17,27,30,32,38H,18-20H2,1H3,(H3,36,37)(H,40,41)(H,43,44). The molecule has 0 fully saturated rings. The van der Waals surface area contributed by atoms with E-state index in [2.05, 4.69) is 5.32 Å². The minimum Gasteiger partial charge on any atom is -0.493 e. The van der Waals surface area contributed by atoms with Gasteiger partial charge in [0.05, 0.1) is 19.6 Å². The second-order valence-electron chi connectivity index (χ2n) is 10.9. The second-order valence-corrected chi connectivity index (χ2v) is 10.9. The summed E-state index contributed by atoms with van der Waals surface area (Å²) < 4.78 is 16.9. The van der Waals surface area contributed by atoms with Crippen LogP contribution >= 0.6 is 0 Å². The van der Waals surface area contributed by atoms with Gasteiger partial charge in [0.1, 0.15) is 18.5 Å². The average molecular weight is 639 g/mol. The van der Waals surface area contributed by atoms with E-state index >= 15 is 0 Å². The van der Waals surface area contributed by atoms with Crippen LogP contribution in [0.5, 0.6) is 11.5 Å². The first-order chi connectivity index (χ1) is 22.6. The van der Waals surface area contributed by atoms with Crippen LogP contribution in [0.2, 0.25) is 0 Å². The van der Waals surface area contributed by atoms with E-state index in [0.717, 1.165) is 5.56 Å². The number of benzene rings is 4. The number of amides is 1. The highest BCUT2D eigenvalue weighted by atomic mass is 16.7. The molecule has 0 aliphatic carbocycles. The van der Waals surface area contributed by atoms with Gasteiger partial charge in [-0.2, -0.15) is 0 Å². The molecule has 12 heteroatoms. The van der Waals surface area contributed by atoms with E-state index in [9.17, 15) is 24.6 Å². The Morgan fingerprint density at radius 2 is 1.66 bits per heavy atom. The molecule has 6 N–H and O–H groups in total. The van der Waals surface area contributed by atoms with Crippen LogP contribution < -0.4 is 20.5 Å². The quantitative estimate of drug-likeness (QED) is 0.0772. The number of anilines is 1. The first-order valence-electron chi connectivity index (χ1n) is 14.7. The van der Waals surface area contributed by atoms with Crippen molar-refractivity contribution in [3.63, 3.8) is 0 Å². The number of nitrogens with two attached hydrogens (primary N) is 1. The van der Waals surface area contributed by atoms with Crippen molar-refractivity contribution in [2.24, 2.45) is 5.73 Å². The van der Waals surface area contributed by atoms with Gasteiger partial charge in [-0.3, -0.25) is 19.9 Å². The SMILES string of the molecule is COc1cc(C(Nc2ccc(C(=N)N)cc2)C(=O)N2C(OC(=O)O)Cc3ccccc3C2CC(=O)O)ccc1OCc1ccccc1. The van der Waals surface area contributed by atoms with E-state index < -0.39 is 42.8 Å². The van der Waals surface area contributed by atoms with Crippen LogP contribution in [0, 0.1) is 5.41 Å². The molecular weight excluding hydrogens is 604 g/mol. The van der Waals surface area contributed by atoms with Crippen molar-refractivity contribution in [1.82, 2.24) is 4.90 Å². The maximum Gasteiger partial charge on any atom is 0.507 e. The van der Waals surface area contributed by atoms with Crippen molar-refractivity contribution < 1.29 is 38.8 Å². The third-order valence-electron chi connectivity index (χ3n) is 7.83. The predicted octanol–water partition coefficient (Wildman–Crippen LogP) is 5.33. The number of carbonyl (C=O) groups excluding carboxylic acids is 1. The van der Waals surface area contributed by atoms with Crippen molar-refractivity contribution in [2.75, 3.05) is 12.4 Å². The van der Waals surface area contributed by atoms with E-state index in [4.69, 9.17) is 25.4 Å². The highest BCUT2D eigenvalue weighted by Crippen LogP contribution is 2.40. The zero-order valence-corrected chi connectivity index (χ0v) is 25.5. The van der Waals surface area contributed by atoms with Crippen LogP contribution in [0.4, 0.5) is 10.5 Å². The molecule has 1 heterocycles. The van der Waals surface area contributed by atoms with Gasteiger partial charge in [-0.1, -0.05) is 60.7 Å². The molecule has 1 aliphatic rings. The number of hydrogen-bond donors (Lipinski definition) is 5. The fourth-order valence-electron chi connectivity index (χ4n) is 5.63. The van der Waals surface area contributed by atoms with Gasteiger partial charge >= 0.3 is 12.1 Å². The Balaban J connectivity index is 1.57. The second kappa shape index (κ2) is 14.4. The van der Waals surface area contributed by atoms with Crippen LogP contribution in [0.15, 0.2) is 97.1 Å². The molecule has 3 unspecified atom stereocenters. The number of rotatable bonds is 12. The molecule has 0 saturated heterocycles. The summed E-state index contributed by atoms with van der Waals surface area (Å²) in [5.41, 5.74) is 9.22. The van der Waals surface area contributed by atoms with Gasteiger partial charge in [0.25, 0.3) is 5.91 Å². The van der Waals surface area contributed by atoms with Crippen molar-refractivity contribution >= 4 is 29.6 Å². The van der Waals surface area contributed by atoms with Crippen LogP contribution in [0.25, 0.3) is 0 Å². The highest BCUT2D eigenvalue weighted by Gasteiger charge is 2.43. The van der Waals surface area contributed by atoms with Crippen molar-refractivity contribution in [2.45, 2.75) is 37.8 Å². The Bertz CT molecular complexity index is 1760. The van der Waals surface area contributed by atoms with E-state index in [-0.39, 0.29) is 18.9 Å². The number of fused-ring (bicyclic) bond motifs is 1. The number of carbonyl (C=O) groups is 3. The molecule has 0 saturated carbocycles. The minimum absolute atomic E-state index is 0.0277. The van der Waals surface area contributed by atoms with Gasteiger partial charge in [-0.15, -0.1) is 0 Å². The first kappa shape index (κ1) is 32.4. The van der Waals surface area contributed by atoms with E-state index in [1.54, 1.807) is 66.7 Å². The lowest BCUT2D eigenvalue weighted by atomic mass is 9.88. The number of ether oxygens (including phenoxy) is 3. The van der Waals surface area contributed by atoms with Crippen LogP contribution in [0.3, 0.4) is 0 Å². The number of nitrogen functional groups attached to an aromatic ring is 1. The Labute approximate surface area is 270 Å². The summed E-state index contributed by atoms with van der Waals surface area (Å²) in [5, 5.41) is 30.4. The number of nitrogens with zero attached hydrogens (tertiary/aromatic N) is 1. The molecule has 0 radical (unpaired) electrons. The van der Waals surface area contributed by atoms with Crippen LogP contribution in [0.1, 0.15) is 46.3 Å². The summed E-state index contributed by atoms with van der Waals surface area (Å²) in [5.74, 6) is -1.16. The molecule has 12 nitrogen and oxygen atoms in total. The average Bonchev–Trinajstić information content (AvgIpc) is 3.06. The topological polar surface area (TPSA) is 184 Å². The summed E-state index contributed by atoms with van der Waals surface area (Å²) in [4.78, 5) is 39.9. The van der Waals surface area contributed by atoms with Crippen molar-refractivity contribution in [3.05, 3.63) is 125 Å². The molecule has 0 bridgehead atoms. The Morgan fingerprint density at radius 3 is 2.32 bits per heavy atom. The van der Waals surface area contributed by atoms with Gasteiger partial charge in [0.2, 0.25) is 0 Å². The molecule has 5 rings (SSSR count). The lowest BCUT2D eigenvalue weighted by Crippen LogP contribution is -2.52. The van der Waals surface area contributed by atoms with Gasteiger partial charge in [0.15, 0.2) is 17.7 Å². The maximum atomic E-state index is 14.7. The predicted molar refractivity (Wildman–Crippen MR) is 172 cm³/mol. The molecule has 1 aliphatic heterocycles. The zero-order valence-electron chi connectivity index (χ0n) is 25.5. The van der Waals surface area contributed by atoms with Gasteiger partial charge in [0, 0.05) is 17.7 Å². The van der Waals surface area contributed by atoms with E-state index in [1.807, 2.05) is 30.3 Å². The maximum absolute atomic E-state index is 14.7. The van der Waals surface area contributed by atoms with Crippen LogP contribution in [-0.4, -0.2) is 52.3 Å². The third-order valence-corrected chi connectivity index (χ3v) is 7.83. The molecule has 3 atom stereocenters. The van der Waals surface area contributed by atoms with Gasteiger partial charge in [-0.05, 0) is 58.7 Å².